The second-order valence-corrected chi connectivity index (χ2v) is 19.1. The number of rotatable bonds is 7. The van der Waals surface area contributed by atoms with Crippen LogP contribution in [-0.2, 0) is 15.6 Å². The number of amides is 2. The van der Waals surface area contributed by atoms with Crippen LogP contribution in [-0.4, -0.2) is 40.9 Å². The van der Waals surface area contributed by atoms with E-state index in [1.54, 1.807) is 12.1 Å². The molecule has 66 heavy (non-hydrogen) atoms. The normalized spacial score (nSPS) is 16.8. The van der Waals surface area contributed by atoms with Crippen LogP contribution in [0.15, 0.2) is 163 Å². The van der Waals surface area contributed by atoms with Gasteiger partial charge in [0.25, 0.3) is 11.8 Å². The van der Waals surface area contributed by atoms with E-state index >= 15 is 0 Å². The number of hydrogen-bond acceptors (Lipinski definition) is 4. The molecule has 0 saturated carbocycles. The standard InChI is InChI=1S/C60H46N2O4/c1-6-37-39-12-7-9-16-49(39)59(2,3)51(37)30-31-61(36-22-23-41-40-13-8-10-17-50(40)60(4,5)52(41)32-36)35-20-18-34(19-21-35)38-24-25-44-46-27-29-48-56-47(57(65)62(58(48)66)33-53(63)64)28-26-45(55(46)56)43-15-11-14-42(38)54(43)44/h6-30,32H,31,33H2,1-5H3,(H,63,64)/b37-6-,51-30+. The first kappa shape index (κ1) is 39.7. The van der Waals surface area contributed by atoms with E-state index in [0.29, 0.717) is 23.1 Å². The quantitative estimate of drug-likeness (QED) is 0.0981. The fourth-order valence-electron chi connectivity index (χ4n) is 11.9. The molecule has 0 radical (unpaired) electrons. The van der Waals surface area contributed by atoms with Crippen molar-refractivity contribution in [3.63, 3.8) is 0 Å². The fourth-order valence-corrected chi connectivity index (χ4v) is 11.9. The lowest BCUT2D eigenvalue weighted by Crippen LogP contribution is -2.43. The number of benzene rings is 9. The van der Waals surface area contributed by atoms with Crippen LogP contribution in [0.4, 0.5) is 11.4 Å². The molecule has 0 saturated heterocycles. The molecule has 0 aromatic heterocycles. The Morgan fingerprint density at radius 2 is 1.09 bits per heavy atom. The Balaban J connectivity index is 0.974. The summed E-state index contributed by atoms with van der Waals surface area (Å²) in [6.45, 7) is 11.5. The molecule has 9 aromatic rings. The molecule has 320 valence electrons. The van der Waals surface area contributed by atoms with E-state index in [2.05, 4.69) is 173 Å². The Kier molecular flexibility index (Phi) is 8.48. The second kappa shape index (κ2) is 14.1. The first-order chi connectivity index (χ1) is 31.9. The molecule has 6 heteroatoms. The van der Waals surface area contributed by atoms with Crippen molar-refractivity contribution in [3.05, 3.63) is 197 Å². The maximum atomic E-state index is 13.6. The number of allylic oxidation sites excluding steroid dienone is 3. The zero-order valence-corrected chi connectivity index (χ0v) is 37.5. The molecule has 9 aromatic carbocycles. The molecule has 0 spiro atoms. The van der Waals surface area contributed by atoms with E-state index in [1.165, 1.54) is 44.5 Å². The van der Waals surface area contributed by atoms with Gasteiger partial charge < -0.3 is 10.0 Å². The zero-order chi connectivity index (χ0) is 45.4. The van der Waals surface area contributed by atoms with Crippen LogP contribution in [0, 0.1) is 0 Å². The Labute approximate surface area is 383 Å². The number of carbonyl (C=O) groups is 3. The number of anilines is 2. The Bertz CT molecular complexity index is 3610. The van der Waals surface area contributed by atoms with E-state index in [-0.39, 0.29) is 10.8 Å². The lowest BCUT2D eigenvalue weighted by atomic mass is 9.82. The molecule has 0 atom stereocenters. The maximum Gasteiger partial charge on any atom is 0.323 e. The van der Waals surface area contributed by atoms with Gasteiger partial charge in [-0.1, -0.05) is 149 Å². The highest BCUT2D eigenvalue weighted by molar-refractivity contribution is 6.39. The van der Waals surface area contributed by atoms with Crippen LogP contribution in [0.3, 0.4) is 0 Å². The van der Waals surface area contributed by atoms with E-state index in [0.717, 1.165) is 65.1 Å². The van der Waals surface area contributed by atoms with Crippen molar-refractivity contribution in [2.75, 3.05) is 18.0 Å². The first-order valence-corrected chi connectivity index (χ1v) is 22.7. The van der Waals surface area contributed by atoms with Gasteiger partial charge in [0.2, 0.25) is 0 Å². The average molecular weight is 859 g/mol. The van der Waals surface area contributed by atoms with E-state index < -0.39 is 24.3 Å². The molecule has 0 bridgehead atoms. The third kappa shape index (κ3) is 5.45. The third-order valence-corrected chi connectivity index (χ3v) is 15.0. The molecule has 1 N–H and O–H groups in total. The van der Waals surface area contributed by atoms with Crippen LogP contribution >= 0.6 is 0 Å². The van der Waals surface area contributed by atoms with Crippen LogP contribution < -0.4 is 4.90 Å². The summed E-state index contributed by atoms with van der Waals surface area (Å²) in [6, 6.07) is 51.7. The van der Waals surface area contributed by atoms with Crippen LogP contribution in [0.25, 0.3) is 70.9 Å². The van der Waals surface area contributed by atoms with Crippen LogP contribution in [0.1, 0.15) is 77.6 Å². The average Bonchev–Trinajstić information content (AvgIpc) is 3.69. The highest BCUT2D eigenvalue weighted by Crippen LogP contribution is 2.52. The molecule has 0 unspecified atom stereocenters. The van der Waals surface area contributed by atoms with Crippen molar-refractivity contribution in [2.45, 2.75) is 45.4 Å². The minimum atomic E-state index is -1.24. The lowest BCUT2D eigenvalue weighted by molar-refractivity contribution is -0.137. The van der Waals surface area contributed by atoms with Gasteiger partial charge in [0.1, 0.15) is 6.54 Å². The predicted molar refractivity (Wildman–Crippen MR) is 268 cm³/mol. The molecule has 6 nitrogen and oxygen atoms in total. The fraction of sp³-hybridized carbons (Fsp3) is 0.150. The van der Waals surface area contributed by atoms with Crippen molar-refractivity contribution >= 4 is 77.8 Å². The topological polar surface area (TPSA) is 77.9 Å². The molecule has 3 aliphatic rings. The summed E-state index contributed by atoms with van der Waals surface area (Å²) >= 11 is 0. The van der Waals surface area contributed by atoms with Crippen molar-refractivity contribution in [2.24, 2.45) is 0 Å². The molecule has 12 rings (SSSR count). The van der Waals surface area contributed by atoms with Gasteiger partial charge in [-0.05, 0) is 137 Å². The Morgan fingerprint density at radius 1 is 0.545 bits per heavy atom. The number of carboxylic acids is 1. The van der Waals surface area contributed by atoms with Crippen LogP contribution in [0.2, 0.25) is 0 Å². The molecule has 2 amide bonds. The SMILES string of the molecule is C/C=C1\C(=C/CN(c2ccc(-c3ccc4c5ccc6c7c(ccc(c8cccc3c84)c75)C(=O)N(CC(=O)O)C6=O)cc2)c2ccc3c(c2)C(C)(C)c2ccccc2-3)C(C)(C)c2ccccc21. The monoisotopic (exact) mass is 858 g/mol. The van der Waals surface area contributed by atoms with Gasteiger partial charge in [-0.2, -0.15) is 0 Å². The summed E-state index contributed by atoms with van der Waals surface area (Å²) < 4.78 is 0. The van der Waals surface area contributed by atoms with Gasteiger partial charge in [-0.3, -0.25) is 19.3 Å². The number of hydrogen-bond donors (Lipinski definition) is 1. The predicted octanol–water partition coefficient (Wildman–Crippen LogP) is 13.9. The number of carbonyl (C=O) groups excluding carboxylic acids is 2. The summed E-state index contributed by atoms with van der Waals surface area (Å²) in [6.07, 6.45) is 4.70. The largest absolute Gasteiger partial charge is 0.480 e. The zero-order valence-electron chi connectivity index (χ0n) is 37.5. The molecule has 1 heterocycles. The summed E-state index contributed by atoms with van der Waals surface area (Å²) in [5.41, 5.74) is 15.5. The van der Waals surface area contributed by atoms with Crippen molar-refractivity contribution in [1.82, 2.24) is 4.90 Å². The minimum Gasteiger partial charge on any atom is -0.480 e. The summed E-state index contributed by atoms with van der Waals surface area (Å²) in [5.74, 6) is -2.41. The van der Waals surface area contributed by atoms with Crippen molar-refractivity contribution < 1.29 is 19.5 Å². The van der Waals surface area contributed by atoms with Gasteiger partial charge in [-0.25, -0.2) is 0 Å². The van der Waals surface area contributed by atoms with E-state index in [1.807, 2.05) is 12.1 Å². The Morgan fingerprint density at radius 3 is 1.76 bits per heavy atom. The van der Waals surface area contributed by atoms with Crippen molar-refractivity contribution in [1.29, 1.82) is 0 Å². The molecule has 1 aliphatic heterocycles. The molecule has 0 fully saturated rings. The first-order valence-electron chi connectivity index (χ1n) is 22.7. The minimum absolute atomic E-state index is 0.137. The van der Waals surface area contributed by atoms with Gasteiger partial charge in [-0.15, -0.1) is 0 Å². The third-order valence-electron chi connectivity index (χ3n) is 15.0. The number of fused-ring (bicyclic) bond motifs is 6. The van der Waals surface area contributed by atoms with Gasteiger partial charge >= 0.3 is 5.97 Å². The van der Waals surface area contributed by atoms with Crippen LogP contribution in [0.5, 0.6) is 0 Å². The van der Waals surface area contributed by atoms with E-state index in [4.69, 9.17) is 0 Å². The van der Waals surface area contributed by atoms with Gasteiger partial charge in [0.15, 0.2) is 0 Å². The molecular weight excluding hydrogens is 813 g/mol. The number of aliphatic carboxylic acids is 1. The highest BCUT2D eigenvalue weighted by Gasteiger charge is 2.39. The summed E-state index contributed by atoms with van der Waals surface area (Å²) in [4.78, 5) is 42.1. The van der Waals surface area contributed by atoms with E-state index in [9.17, 15) is 19.5 Å². The number of imide groups is 1. The maximum absolute atomic E-state index is 13.6. The summed E-state index contributed by atoms with van der Waals surface area (Å²) in [7, 11) is 0. The number of nitrogens with zero attached hydrogens (tertiary/aromatic N) is 2. The number of carboxylic acid groups (broad SMARTS) is 1. The smallest absolute Gasteiger partial charge is 0.323 e. The van der Waals surface area contributed by atoms with Gasteiger partial charge in [0, 0.05) is 45.3 Å². The molecule has 2 aliphatic carbocycles. The Hall–Kier alpha value is -7.83. The van der Waals surface area contributed by atoms with Gasteiger partial charge in [0.05, 0.1) is 0 Å². The lowest BCUT2D eigenvalue weighted by Gasteiger charge is -2.29. The highest BCUT2D eigenvalue weighted by atomic mass is 16.4. The van der Waals surface area contributed by atoms with Crippen molar-refractivity contribution in [3.8, 4) is 22.3 Å². The summed E-state index contributed by atoms with van der Waals surface area (Å²) in [5, 5.41) is 17.1. The molecular formula is C60H46N2O4. The second-order valence-electron chi connectivity index (χ2n) is 19.1.